The number of halogens is 2. The van der Waals surface area contributed by atoms with Crippen molar-refractivity contribution in [2.75, 3.05) is 5.32 Å². The van der Waals surface area contributed by atoms with E-state index in [1.807, 2.05) is 47.0 Å². The second-order valence-electron chi connectivity index (χ2n) is 6.91. The second kappa shape index (κ2) is 8.93. The Morgan fingerprint density at radius 2 is 1.63 bits per heavy atom. The molecule has 3 aromatic carbocycles. The van der Waals surface area contributed by atoms with Gasteiger partial charge in [0.25, 0.3) is 0 Å². The largest absolute Gasteiger partial charge is 0.312 e. The second-order valence-corrected chi connectivity index (χ2v) is 7.35. The first-order valence-electron chi connectivity index (χ1n) is 9.48. The van der Waals surface area contributed by atoms with Crippen molar-refractivity contribution in [3.63, 3.8) is 0 Å². The van der Waals surface area contributed by atoms with Crippen LogP contribution in [0.25, 0.3) is 11.3 Å². The predicted molar refractivity (Wildman–Crippen MR) is 117 cm³/mol. The molecule has 150 valence electrons. The number of benzene rings is 3. The molecule has 30 heavy (non-hydrogen) atoms. The summed E-state index contributed by atoms with van der Waals surface area (Å²) >= 11 is 5.92. The first-order chi connectivity index (χ1) is 14.6. The molecule has 1 N–H and O–H groups in total. The van der Waals surface area contributed by atoms with E-state index < -0.39 is 0 Å². The SMILES string of the molecule is O=C(Cc1ccc(Cl)cc1)Nc1c(-c2ccc(F)cc2)ncn1Cc1ccccc1. The summed E-state index contributed by atoms with van der Waals surface area (Å²) in [5.74, 6) is 0.0794. The Kier molecular flexibility index (Phi) is 5.91. The molecule has 6 heteroatoms. The molecule has 4 rings (SSSR count). The summed E-state index contributed by atoms with van der Waals surface area (Å²) in [4.78, 5) is 17.3. The van der Waals surface area contributed by atoms with Gasteiger partial charge in [0.15, 0.2) is 0 Å². The van der Waals surface area contributed by atoms with Crippen LogP contribution >= 0.6 is 11.6 Å². The van der Waals surface area contributed by atoms with Crippen LogP contribution in [0.5, 0.6) is 0 Å². The van der Waals surface area contributed by atoms with Crippen LogP contribution < -0.4 is 5.32 Å². The van der Waals surface area contributed by atoms with Gasteiger partial charge < -0.3 is 9.88 Å². The van der Waals surface area contributed by atoms with E-state index in [9.17, 15) is 9.18 Å². The van der Waals surface area contributed by atoms with Crippen molar-refractivity contribution >= 4 is 23.3 Å². The average Bonchev–Trinajstić information content (AvgIpc) is 3.13. The molecule has 4 nitrogen and oxygen atoms in total. The molecular weight excluding hydrogens is 401 g/mol. The number of carbonyl (C=O) groups excluding carboxylic acids is 1. The van der Waals surface area contributed by atoms with E-state index in [1.54, 1.807) is 30.6 Å². The van der Waals surface area contributed by atoms with Gasteiger partial charge in [0.2, 0.25) is 5.91 Å². The third-order valence-electron chi connectivity index (χ3n) is 4.69. The predicted octanol–water partition coefficient (Wildman–Crippen LogP) is 5.57. The summed E-state index contributed by atoms with van der Waals surface area (Å²) < 4.78 is 15.3. The average molecular weight is 420 g/mol. The number of hydrogen-bond donors (Lipinski definition) is 1. The maximum Gasteiger partial charge on any atom is 0.229 e. The van der Waals surface area contributed by atoms with Crippen molar-refractivity contribution in [3.05, 3.63) is 107 Å². The van der Waals surface area contributed by atoms with Gasteiger partial charge in [-0.25, -0.2) is 9.37 Å². The molecule has 4 aromatic rings. The minimum atomic E-state index is -0.323. The van der Waals surface area contributed by atoms with Crippen molar-refractivity contribution in [3.8, 4) is 11.3 Å². The van der Waals surface area contributed by atoms with E-state index in [2.05, 4.69) is 10.3 Å². The van der Waals surface area contributed by atoms with E-state index in [-0.39, 0.29) is 18.1 Å². The summed E-state index contributed by atoms with van der Waals surface area (Å²) in [7, 11) is 0. The Bertz CT molecular complexity index is 1140. The summed E-state index contributed by atoms with van der Waals surface area (Å²) in [5, 5.41) is 3.61. The van der Waals surface area contributed by atoms with Gasteiger partial charge >= 0.3 is 0 Å². The van der Waals surface area contributed by atoms with E-state index in [0.29, 0.717) is 23.1 Å². The van der Waals surface area contributed by atoms with Crippen LogP contribution in [0.2, 0.25) is 5.02 Å². The summed E-state index contributed by atoms with van der Waals surface area (Å²) in [6, 6.07) is 23.1. The molecule has 0 spiro atoms. The van der Waals surface area contributed by atoms with Crippen molar-refractivity contribution in [2.45, 2.75) is 13.0 Å². The third kappa shape index (κ3) is 4.75. The molecule has 0 bridgehead atoms. The Hall–Kier alpha value is -3.44. The van der Waals surface area contributed by atoms with Crippen LogP contribution in [-0.4, -0.2) is 15.5 Å². The first-order valence-corrected chi connectivity index (χ1v) is 9.85. The number of aromatic nitrogens is 2. The molecule has 1 heterocycles. The van der Waals surface area contributed by atoms with E-state index in [1.165, 1.54) is 12.1 Å². The number of anilines is 1. The third-order valence-corrected chi connectivity index (χ3v) is 4.94. The van der Waals surface area contributed by atoms with Crippen LogP contribution in [0.4, 0.5) is 10.2 Å². The Balaban J connectivity index is 1.63. The summed E-state index contributed by atoms with van der Waals surface area (Å²) in [5.41, 5.74) is 3.25. The van der Waals surface area contributed by atoms with E-state index in [0.717, 1.165) is 16.7 Å². The molecule has 1 amide bonds. The van der Waals surface area contributed by atoms with Gasteiger partial charge in [0, 0.05) is 10.6 Å². The van der Waals surface area contributed by atoms with E-state index >= 15 is 0 Å². The molecule has 0 aliphatic carbocycles. The molecule has 0 aliphatic rings. The monoisotopic (exact) mass is 419 g/mol. The summed E-state index contributed by atoms with van der Waals surface area (Å²) in [6.45, 7) is 0.547. The highest BCUT2D eigenvalue weighted by Gasteiger charge is 2.16. The van der Waals surface area contributed by atoms with Gasteiger partial charge in [-0.2, -0.15) is 0 Å². The summed E-state index contributed by atoms with van der Waals surface area (Å²) in [6.07, 6.45) is 1.89. The zero-order valence-corrected chi connectivity index (χ0v) is 16.8. The minimum Gasteiger partial charge on any atom is -0.312 e. The number of hydrogen-bond acceptors (Lipinski definition) is 2. The lowest BCUT2D eigenvalue weighted by Gasteiger charge is -2.12. The maximum atomic E-state index is 13.4. The topological polar surface area (TPSA) is 46.9 Å². The van der Waals surface area contributed by atoms with E-state index in [4.69, 9.17) is 11.6 Å². The molecule has 0 fully saturated rings. The number of imidazole rings is 1. The van der Waals surface area contributed by atoms with Crippen LogP contribution in [0.1, 0.15) is 11.1 Å². The van der Waals surface area contributed by atoms with Gasteiger partial charge in [-0.1, -0.05) is 54.1 Å². The fraction of sp³-hybridized carbons (Fsp3) is 0.0833. The Morgan fingerprint density at radius 3 is 2.33 bits per heavy atom. The molecular formula is C24H19ClFN3O. The van der Waals surface area contributed by atoms with Crippen LogP contribution in [0.3, 0.4) is 0 Å². The quantitative estimate of drug-likeness (QED) is 0.444. The Morgan fingerprint density at radius 1 is 0.933 bits per heavy atom. The highest BCUT2D eigenvalue weighted by Crippen LogP contribution is 2.28. The van der Waals surface area contributed by atoms with Crippen LogP contribution in [0.15, 0.2) is 85.2 Å². The normalized spacial score (nSPS) is 10.7. The Labute approximate surface area is 179 Å². The number of amides is 1. The standard InChI is InChI=1S/C24H19ClFN3O/c25-20-10-6-17(7-11-20)14-22(30)28-24-23(19-8-12-21(26)13-9-19)27-16-29(24)15-18-4-2-1-3-5-18/h1-13,16H,14-15H2,(H,28,30). The van der Waals surface area contributed by atoms with Gasteiger partial charge in [-0.3, -0.25) is 4.79 Å². The van der Waals surface area contributed by atoms with Crippen molar-refractivity contribution in [1.29, 1.82) is 0 Å². The fourth-order valence-corrected chi connectivity index (χ4v) is 3.32. The zero-order chi connectivity index (χ0) is 20.9. The number of nitrogens with one attached hydrogen (secondary N) is 1. The van der Waals surface area contributed by atoms with Crippen molar-refractivity contribution < 1.29 is 9.18 Å². The van der Waals surface area contributed by atoms with Gasteiger partial charge in [-0.15, -0.1) is 0 Å². The number of rotatable bonds is 6. The lowest BCUT2D eigenvalue weighted by molar-refractivity contribution is -0.115. The molecule has 0 radical (unpaired) electrons. The smallest absolute Gasteiger partial charge is 0.229 e. The minimum absolute atomic E-state index is 0.171. The molecule has 0 aliphatic heterocycles. The molecule has 0 saturated carbocycles. The highest BCUT2D eigenvalue weighted by atomic mass is 35.5. The van der Waals surface area contributed by atoms with Crippen molar-refractivity contribution in [2.24, 2.45) is 0 Å². The van der Waals surface area contributed by atoms with Crippen molar-refractivity contribution in [1.82, 2.24) is 9.55 Å². The lowest BCUT2D eigenvalue weighted by Crippen LogP contribution is -2.18. The molecule has 1 aromatic heterocycles. The first kappa shape index (κ1) is 19.9. The lowest BCUT2D eigenvalue weighted by atomic mass is 10.1. The molecule has 0 saturated heterocycles. The zero-order valence-electron chi connectivity index (χ0n) is 16.1. The van der Waals surface area contributed by atoms with Gasteiger partial charge in [0.1, 0.15) is 17.3 Å². The number of carbonyl (C=O) groups is 1. The number of nitrogens with zero attached hydrogens (tertiary/aromatic N) is 2. The highest BCUT2D eigenvalue weighted by molar-refractivity contribution is 6.30. The van der Waals surface area contributed by atoms with Gasteiger partial charge in [-0.05, 0) is 47.5 Å². The molecule has 0 unspecified atom stereocenters. The van der Waals surface area contributed by atoms with Gasteiger partial charge in [0.05, 0.1) is 19.3 Å². The van der Waals surface area contributed by atoms with Crippen LogP contribution in [-0.2, 0) is 17.8 Å². The molecule has 0 atom stereocenters. The fourth-order valence-electron chi connectivity index (χ4n) is 3.20. The van der Waals surface area contributed by atoms with Crippen LogP contribution in [0, 0.1) is 5.82 Å². The maximum absolute atomic E-state index is 13.4.